The summed E-state index contributed by atoms with van der Waals surface area (Å²) in [4.78, 5) is 16.3. The highest BCUT2D eigenvalue weighted by Crippen LogP contribution is 2.16. The molecular weight excluding hydrogens is 226 g/mol. The minimum Gasteiger partial charge on any atom is -0.343 e. The first-order valence-electron chi connectivity index (χ1n) is 7.24. The van der Waals surface area contributed by atoms with Crippen LogP contribution in [-0.2, 0) is 4.79 Å². The average Bonchev–Trinajstić information content (AvgIpc) is 2.32. The van der Waals surface area contributed by atoms with Crippen LogP contribution in [0.5, 0.6) is 0 Å². The Labute approximate surface area is 112 Å². The van der Waals surface area contributed by atoms with E-state index in [1.54, 1.807) is 0 Å². The van der Waals surface area contributed by atoms with Crippen LogP contribution in [0.1, 0.15) is 40.5 Å². The van der Waals surface area contributed by atoms with Crippen LogP contribution in [-0.4, -0.2) is 60.5 Å². The van der Waals surface area contributed by atoms with E-state index in [9.17, 15) is 4.79 Å². The lowest BCUT2D eigenvalue weighted by Crippen LogP contribution is -2.58. The van der Waals surface area contributed by atoms with Gasteiger partial charge in [0.15, 0.2) is 0 Å². The molecule has 18 heavy (non-hydrogen) atoms. The Morgan fingerprint density at radius 2 is 2.00 bits per heavy atom. The van der Waals surface area contributed by atoms with Crippen LogP contribution in [0.25, 0.3) is 0 Å². The third-order valence-electron chi connectivity index (χ3n) is 3.91. The average molecular weight is 255 g/mol. The van der Waals surface area contributed by atoms with Crippen molar-refractivity contribution in [3.05, 3.63) is 0 Å². The van der Waals surface area contributed by atoms with Crippen molar-refractivity contribution in [3.63, 3.8) is 0 Å². The summed E-state index contributed by atoms with van der Waals surface area (Å²) < 4.78 is 0. The van der Waals surface area contributed by atoms with E-state index < -0.39 is 0 Å². The molecule has 1 fully saturated rings. The lowest BCUT2D eigenvalue weighted by Gasteiger charge is -2.43. The molecule has 1 N–H and O–H groups in total. The Morgan fingerprint density at radius 1 is 1.33 bits per heavy atom. The largest absolute Gasteiger partial charge is 0.343 e. The summed E-state index contributed by atoms with van der Waals surface area (Å²) in [7, 11) is 0. The van der Waals surface area contributed by atoms with Crippen molar-refractivity contribution in [1.82, 2.24) is 15.1 Å². The van der Waals surface area contributed by atoms with Crippen molar-refractivity contribution >= 4 is 5.91 Å². The Kier molecular flexibility index (Phi) is 6.09. The summed E-state index contributed by atoms with van der Waals surface area (Å²) in [5.41, 5.74) is 0.219. The van der Waals surface area contributed by atoms with E-state index in [1.807, 2.05) is 18.7 Å². The van der Waals surface area contributed by atoms with Gasteiger partial charge in [-0.25, -0.2) is 0 Å². The van der Waals surface area contributed by atoms with Gasteiger partial charge in [0.25, 0.3) is 0 Å². The monoisotopic (exact) mass is 255 g/mol. The van der Waals surface area contributed by atoms with Gasteiger partial charge in [0.2, 0.25) is 5.91 Å². The second kappa shape index (κ2) is 7.10. The molecule has 4 heteroatoms. The van der Waals surface area contributed by atoms with Crippen LogP contribution in [0, 0.1) is 0 Å². The quantitative estimate of drug-likeness (QED) is 0.777. The molecule has 0 aromatic carbocycles. The maximum atomic E-state index is 11.9. The normalized spacial score (nSPS) is 19.8. The summed E-state index contributed by atoms with van der Waals surface area (Å²) in [6, 6.07) is 0. The van der Waals surface area contributed by atoms with Gasteiger partial charge in [0, 0.05) is 44.7 Å². The van der Waals surface area contributed by atoms with Crippen LogP contribution in [0.15, 0.2) is 0 Å². The number of carbonyl (C=O) groups excluding carboxylic acids is 1. The Hall–Kier alpha value is -0.610. The van der Waals surface area contributed by atoms with Gasteiger partial charge in [-0.15, -0.1) is 0 Å². The van der Waals surface area contributed by atoms with E-state index in [4.69, 9.17) is 0 Å². The number of carbonyl (C=O) groups is 1. The second-order valence-corrected chi connectivity index (χ2v) is 5.65. The van der Waals surface area contributed by atoms with Gasteiger partial charge in [-0.05, 0) is 40.7 Å². The molecule has 0 aliphatic carbocycles. The van der Waals surface area contributed by atoms with Gasteiger partial charge in [-0.2, -0.15) is 0 Å². The third-order valence-corrected chi connectivity index (χ3v) is 3.91. The number of nitrogens with one attached hydrogen (secondary N) is 1. The molecular formula is C14H29N3O. The van der Waals surface area contributed by atoms with E-state index in [0.717, 1.165) is 45.7 Å². The van der Waals surface area contributed by atoms with Gasteiger partial charge >= 0.3 is 0 Å². The summed E-state index contributed by atoms with van der Waals surface area (Å²) in [6.07, 6.45) is 1.65. The maximum Gasteiger partial charge on any atom is 0.222 e. The fraction of sp³-hybridized carbons (Fsp3) is 0.929. The van der Waals surface area contributed by atoms with Crippen LogP contribution in [0.4, 0.5) is 0 Å². The van der Waals surface area contributed by atoms with Gasteiger partial charge < -0.3 is 10.2 Å². The van der Waals surface area contributed by atoms with Gasteiger partial charge in [0.05, 0.1) is 0 Å². The fourth-order valence-corrected chi connectivity index (χ4v) is 2.59. The summed E-state index contributed by atoms with van der Waals surface area (Å²) >= 11 is 0. The van der Waals surface area contributed by atoms with Gasteiger partial charge in [0.1, 0.15) is 0 Å². The third kappa shape index (κ3) is 4.25. The number of hydrogen-bond acceptors (Lipinski definition) is 3. The zero-order valence-electron chi connectivity index (χ0n) is 12.5. The maximum absolute atomic E-state index is 11.9. The molecule has 0 aromatic heterocycles. The number of piperazine rings is 1. The van der Waals surface area contributed by atoms with Gasteiger partial charge in [-0.1, -0.05) is 0 Å². The number of hydrogen-bond donors (Lipinski definition) is 1. The minimum absolute atomic E-state index is 0.219. The summed E-state index contributed by atoms with van der Waals surface area (Å²) in [5, 5.41) is 3.42. The first-order valence-corrected chi connectivity index (χ1v) is 7.24. The minimum atomic E-state index is 0.219. The molecule has 1 aliphatic heterocycles. The summed E-state index contributed by atoms with van der Waals surface area (Å²) in [6.45, 7) is 14.5. The standard InChI is InChI=1S/C14H29N3O/c1-5-16(6-2)13(18)8-7-10-17-11-9-15-12-14(17,3)4/h15H,5-12H2,1-4H3. The first kappa shape index (κ1) is 15.4. The SMILES string of the molecule is CCN(CC)C(=O)CCCN1CCNCC1(C)C. The lowest BCUT2D eigenvalue weighted by atomic mass is 10.00. The van der Waals surface area contributed by atoms with Crippen LogP contribution >= 0.6 is 0 Å². The van der Waals surface area contributed by atoms with E-state index in [2.05, 4.69) is 24.1 Å². The van der Waals surface area contributed by atoms with Crippen LogP contribution < -0.4 is 5.32 Å². The van der Waals surface area contributed by atoms with Crippen molar-refractivity contribution in [2.45, 2.75) is 46.1 Å². The highest BCUT2D eigenvalue weighted by molar-refractivity contribution is 5.76. The molecule has 1 rings (SSSR count). The second-order valence-electron chi connectivity index (χ2n) is 5.65. The summed E-state index contributed by atoms with van der Waals surface area (Å²) in [5.74, 6) is 0.299. The first-order chi connectivity index (χ1) is 8.51. The highest BCUT2D eigenvalue weighted by atomic mass is 16.2. The molecule has 0 radical (unpaired) electrons. The molecule has 1 amide bonds. The lowest BCUT2D eigenvalue weighted by molar-refractivity contribution is -0.131. The molecule has 1 heterocycles. The van der Waals surface area contributed by atoms with Crippen LogP contribution in [0.3, 0.4) is 0 Å². The van der Waals surface area contributed by atoms with E-state index in [1.165, 1.54) is 0 Å². The predicted octanol–water partition coefficient (Wildman–Crippen LogP) is 1.32. The molecule has 106 valence electrons. The van der Waals surface area contributed by atoms with Crippen molar-refractivity contribution in [1.29, 1.82) is 0 Å². The van der Waals surface area contributed by atoms with E-state index in [0.29, 0.717) is 12.3 Å². The fourth-order valence-electron chi connectivity index (χ4n) is 2.59. The highest BCUT2D eigenvalue weighted by Gasteiger charge is 2.28. The topological polar surface area (TPSA) is 35.6 Å². The Bertz CT molecular complexity index is 262. The zero-order chi connectivity index (χ0) is 13.6. The van der Waals surface area contributed by atoms with Crippen molar-refractivity contribution in [2.24, 2.45) is 0 Å². The van der Waals surface area contributed by atoms with Crippen molar-refractivity contribution in [3.8, 4) is 0 Å². The molecule has 0 unspecified atom stereocenters. The Balaban J connectivity index is 2.30. The smallest absolute Gasteiger partial charge is 0.222 e. The van der Waals surface area contributed by atoms with Gasteiger partial charge in [-0.3, -0.25) is 9.69 Å². The number of amides is 1. The van der Waals surface area contributed by atoms with Crippen molar-refractivity contribution < 1.29 is 4.79 Å². The van der Waals surface area contributed by atoms with Crippen molar-refractivity contribution in [2.75, 3.05) is 39.3 Å². The number of rotatable bonds is 6. The molecule has 0 aromatic rings. The number of nitrogens with zero attached hydrogens (tertiary/aromatic N) is 2. The zero-order valence-corrected chi connectivity index (χ0v) is 12.5. The molecule has 0 bridgehead atoms. The van der Waals surface area contributed by atoms with E-state index in [-0.39, 0.29) is 5.54 Å². The van der Waals surface area contributed by atoms with Crippen LogP contribution in [0.2, 0.25) is 0 Å². The predicted molar refractivity (Wildman–Crippen MR) is 75.7 cm³/mol. The molecule has 4 nitrogen and oxygen atoms in total. The Morgan fingerprint density at radius 3 is 2.56 bits per heavy atom. The van der Waals surface area contributed by atoms with E-state index >= 15 is 0 Å². The molecule has 0 saturated carbocycles. The molecule has 0 spiro atoms. The molecule has 1 saturated heterocycles. The molecule has 1 aliphatic rings. The molecule has 0 atom stereocenters.